The van der Waals surface area contributed by atoms with Crippen molar-refractivity contribution >= 4 is 0 Å². The fraction of sp³-hybridized carbons (Fsp3) is 0.600. The molecule has 1 fully saturated rings. The van der Waals surface area contributed by atoms with Crippen molar-refractivity contribution in [1.29, 1.82) is 0 Å². The lowest BCUT2D eigenvalue weighted by atomic mass is 10.1. The lowest BCUT2D eigenvalue weighted by Gasteiger charge is -2.17. The minimum absolute atomic E-state index is 0.133. The fourth-order valence-electron chi connectivity index (χ4n) is 2.30. The summed E-state index contributed by atoms with van der Waals surface area (Å²) in [4.78, 5) is 0. The highest BCUT2D eigenvalue weighted by molar-refractivity contribution is 5.46. The minimum atomic E-state index is 0.133. The van der Waals surface area contributed by atoms with E-state index in [2.05, 4.69) is 12.2 Å². The third-order valence-corrected chi connectivity index (χ3v) is 3.96. The molecule has 4 nitrogen and oxygen atoms in total. The summed E-state index contributed by atoms with van der Waals surface area (Å²) < 4.78 is 10.7. The predicted octanol–water partition coefficient (Wildman–Crippen LogP) is 1.87. The Morgan fingerprint density at radius 1 is 1.26 bits per heavy atom. The highest BCUT2D eigenvalue weighted by atomic mass is 16.5. The number of methoxy groups -OCH3 is 2. The van der Waals surface area contributed by atoms with Gasteiger partial charge in [0, 0.05) is 36.7 Å². The molecule has 0 spiro atoms. The summed E-state index contributed by atoms with van der Waals surface area (Å²) in [5, 5.41) is 12.7. The number of hydrogen-bond acceptors (Lipinski definition) is 4. The zero-order chi connectivity index (χ0) is 13.9. The van der Waals surface area contributed by atoms with Gasteiger partial charge in [-0.2, -0.15) is 0 Å². The molecule has 0 aliphatic heterocycles. The molecule has 1 aliphatic rings. The number of benzene rings is 1. The molecule has 4 heteroatoms. The van der Waals surface area contributed by atoms with Crippen LogP contribution < -0.4 is 14.8 Å². The summed E-state index contributed by atoms with van der Waals surface area (Å²) in [6.07, 6.45) is 2.24. The normalized spacial score (nSPS) is 16.2. The molecule has 0 amide bonds. The molecule has 0 bridgehead atoms. The first kappa shape index (κ1) is 14.2. The molecular weight excluding hydrogens is 242 g/mol. The molecule has 0 atom stereocenters. The van der Waals surface area contributed by atoms with Gasteiger partial charge in [-0.25, -0.2) is 0 Å². The maximum Gasteiger partial charge on any atom is 0.127 e. The molecule has 1 aliphatic carbocycles. The topological polar surface area (TPSA) is 50.7 Å². The van der Waals surface area contributed by atoms with Crippen molar-refractivity contribution in [3.8, 4) is 11.5 Å². The monoisotopic (exact) mass is 265 g/mol. The number of hydrogen-bond donors (Lipinski definition) is 2. The molecule has 0 aromatic heterocycles. The standard InChI is InChI=1S/C15H23NO3/c1-11-6-12(18-2)7-14(19-3)13(11)8-16-9-15(10-17)4-5-15/h6-7,16-17H,4-5,8-10H2,1-3H3. The van der Waals surface area contributed by atoms with Crippen molar-refractivity contribution in [2.24, 2.45) is 5.41 Å². The van der Waals surface area contributed by atoms with Crippen LogP contribution in [0.5, 0.6) is 11.5 Å². The summed E-state index contributed by atoms with van der Waals surface area (Å²) >= 11 is 0. The van der Waals surface area contributed by atoms with E-state index in [4.69, 9.17) is 9.47 Å². The van der Waals surface area contributed by atoms with E-state index in [0.29, 0.717) is 0 Å². The Labute approximate surface area is 114 Å². The third kappa shape index (κ3) is 3.19. The second-order valence-electron chi connectivity index (χ2n) is 5.39. The van der Waals surface area contributed by atoms with Crippen molar-refractivity contribution in [3.63, 3.8) is 0 Å². The summed E-state index contributed by atoms with van der Waals surface area (Å²) in [6, 6.07) is 3.92. The van der Waals surface area contributed by atoms with Crippen LogP contribution in [0, 0.1) is 12.3 Å². The Kier molecular flexibility index (Phi) is 4.32. The van der Waals surface area contributed by atoms with Crippen LogP contribution in [0.2, 0.25) is 0 Å². The number of aliphatic hydroxyl groups is 1. The highest BCUT2D eigenvalue weighted by Gasteiger charge is 2.41. The average Bonchev–Trinajstić information content (AvgIpc) is 3.20. The van der Waals surface area contributed by atoms with Gasteiger partial charge in [-0.1, -0.05) is 0 Å². The first-order chi connectivity index (χ1) is 9.14. The Morgan fingerprint density at radius 2 is 2.00 bits per heavy atom. The molecular formula is C15H23NO3. The van der Waals surface area contributed by atoms with Gasteiger partial charge in [0.1, 0.15) is 11.5 Å². The van der Waals surface area contributed by atoms with Crippen molar-refractivity contribution in [1.82, 2.24) is 5.32 Å². The van der Waals surface area contributed by atoms with Gasteiger partial charge in [0.05, 0.1) is 14.2 Å². The lowest BCUT2D eigenvalue weighted by Crippen LogP contribution is -2.26. The van der Waals surface area contributed by atoms with E-state index in [0.717, 1.165) is 48.6 Å². The van der Waals surface area contributed by atoms with Crippen LogP contribution in [-0.2, 0) is 6.54 Å². The van der Waals surface area contributed by atoms with E-state index < -0.39 is 0 Å². The molecule has 1 saturated carbocycles. The molecule has 19 heavy (non-hydrogen) atoms. The Bertz CT molecular complexity index is 441. The number of rotatable bonds is 7. The lowest BCUT2D eigenvalue weighted by molar-refractivity contribution is 0.207. The first-order valence-electron chi connectivity index (χ1n) is 6.67. The van der Waals surface area contributed by atoms with Gasteiger partial charge in [-0.15, -0.1) is 0 Å². The van der Waals surface area contributed by atoms with Gasteiger partial charge < -0.3 is 19.9 Å². The molecule has 1 aromatic rings. The molecule has 2 N–H and O–H groups in total. The Morgan fingerprint density at radius 3 is 2.53 bits per heavy atom. The van der Waals surface area contributed by atoms with Gasteiger partial charge >= 0.3 is 0 Å². The maximum absolute atomic E-state index is 9.30. The quantitative estimate of drug-likeness (QED) is 0.790. The van der Waals surface area contributed by atoms with Gasteiger partial charge in [-0.05, 0) is 31.4 Å². The van der Waals surface area contributed by atoms with Crippen LogP contribution in [0.25, 0.3) is 0 Å². The van der Waals surface area contributed by atoms with Gasteiger partial charge in [0.15, 0.2) is 0 Å². The van der Waals surface area contributed by atoms with E-state index in [9.17, 15) is 5.11 Å². The number of nitrogens with one attached hydrogen (secondary N) is 1. The van der Waals surface area contributed by atoms with Crippen LogP contribution in [-0.4, -0.2) is 32.5 Å². The Balaban J connectivity index is 2.02. The SMILES string of the molecule is COc1cc(C)c(CNCC2(CO)CC2)c(OC)c1. The second kappa shape index (κ2) is 5.80. The molecule has 0 heterocycles. The summed E-state index contributed by atoms with van der Waals surface area (Å²) in [5.74, 6) is 1.66. The van der Waals surface area contributed by atoms with E-state index in [1.807, 2.05) is 12.1 Å². The van der Waals surface area contributed by atoms with E-state index >= 15 is 0 Å². The van der Waals surface area contributed by atoms with Crippen LogP contribution in [0.1, 0.15) is 24.0 Å². The maximum atomic E-state index is 9.30. The summed E-state index contributed by atoms with van der Waals surface area (Å²) in [7, 11) is 3.33. The second-order valence-corrected chi connectivity index (χ2v) is 5.39. The zero-order valence-corrected chi connectivity index (χ0v) is 12.0. The molecule has 0 saturated heterocycles. The van der Waals surface area contributed by atoms with Crippen LogP contribution in [0.4, 0.5) is 0 Å². The molecule has 0 unspecified atom stereocenters. The van der Waals surface area contributed by atoms with E-state index in [1.54, 1.807) is 14.2 Å². The third-order valence-electron chi connectivity index (χ3n) is 3.96. The van der Waals surface area contributed by atoms with Gasteiger partial charge in [0.2, 0.25) is 0 Å². The molecule has 2 rings (SSSR count). The zero-order valence-electron chi connectivity index (χ0n) is 12.0. The minimum Gasteiger partial charge on any atom is -0.497 e. The molecule has 1 aromatic carbocycles. The van der Waals surface area contributed by atoms with Crippen molar-refractivity contribution in [3.05, 3.63) is 23.3 Å². The highest BCUT2D eigenvalue weighted by Crippen LogP contribution is 2.44. The van der Waals surface area contributed by atoms with E-state index in [1.165, 1.54) is 0 Å². The number of ether oxygens (including phenoxy) is 2. The summed E-state index contributed by atoms with van der Waals surface area (Å²) in [6.45, 7) is 3.94. The van der Waals surface area contributed by atoms with Crippen molar-refractivity contribution < 1.29 is 14.6 Å². The van der Waals surface area contributed by atoms with E-state index in [-0.39, 0.29) is 12.0 Å². The van der Waals surface area contributed by atoms with Gasteiger partial charge in [-0.3, -0.25) is 0 Å². The predicted molar refractivity (Wildman–Crippen MR) is 74.7 cm³/mol. The molecule has 106 valence electrons. The fourth-order valence-corrected chi connectivity index (χ4v) is 2.30. The smallest absolute Gasteiger partial charge is 0.127 e. The van der Waals surface area contributed by atoms with Crippen molar-refractivity contribution in [2.45, 2.75) is 26.3 Å². The number of aryl methyl sites for hydroxylation is 1. The largest absolute Gasteiger partial charge is 0.497 e. The number of aliphatic hydroxyl groups excluding tert-OH is 1. The Hall–Kier alpha value is -1.26. The van der Waals surface area contributed by atoms with Crippen LogP contribution in [0.3, 0.4) is 0 Å². The first-order valence-corrected chi connectivity index (χ1v) is 6.67. The average molecular weight is 265 g/mol. The van der Waals surface area contributed by atoms with Gasteiger partial charge in [0.25, 0.3) is 0 Å². The molecule has 0 radical (unpaired) electrons. The van der Waals surface area contributed by atoms with Crippen LogP contribution in [0.15, 0.2) is 12.1 Å². The van der Waals surface area contributed by atoms with Crippen LogP contribution >= 0.6 is 0 Å². The van der Waals surface area contributed by atoms with Crippen molar-refractivity contribution in [2.75, 3.05) is 27.4 Å². The summed E-state index contributed by atoms with van der Waals surface area (Å²) in [5.41, 5.74) is 2.43.